The SMILES string of the molecule is CCc1nnc(C)cc1C(NC)c1ccc(F)cc1F. The molecule has 0 fully saturated rings. The number of nitrogens with zero attached hydrogens (tertiary/aromatic N) is 2. The molecule has 2 aromatic rings. The van der Waals surface area contributed by atoms with Gasteiger partial charge in [0, 0.05) is 11.6 Å². The number of halogens is 2. The minimum absolute atomic E-state index is 0.375. The van der Waals surface area contributed by atoms with Crippen molar-refractivity contribution in [2.24, 2.45) is 0 Å². The summed E-state index contributed by atoms with van der Waals surface area (Å²) in [5, 5.41) is 11.2. The number of nitrogens with one attached hydrogen (secondary N) is 1. The molecule has 0 aliphatic carbocycles. The Morgan fingerprint density at radius 1 is 1.15 bits per heavy atom. The monoisotopic (exact) mass is 277 g/mol. The Balaban J connectivity index is 2.54. The van der Waals surface area contributed by atoms with Crippen molar-refractivity contribution in [3.8, 4) is 0 Å². The van der Waals surface area contributed by atoms with E-state index < -0.39 is 11.6 Å². The lowest BCUT2D eigenvalue weighted by atomic mass is 9.96. The molecule has 1 aromatic heterocycles. The Labute approximate surface area is 117 Å². The van der Waals surface area contributed by atoms with Gasteiger partial charge in [-0.25, -0.2) is 8.78 Å². The maximum Gasteiger partial charge on any atom is 0.131 e. The van der Waals surface area contributed by atoms with E-state index in [9.17, 15) is 8.78 Å². The topological polar surface area (TPSA) is 37.8 Å². The first-order valence-corrected chi connectivity index (χ1v) is 6.52. The summed E-state index contributed by atoms with van der Waals surface area (Å²) in [6, 6.07) is 5.12. The van der Waals surface area contributed by atoms with Crippen LogP contribution in [0.2, 0.25) is 0 Å². The highest BCUT2D eigenvalue weighted by Crippen LogP contribution is 2.27. The lowest BCUT2D eigenvalue weighted by Gasteiger charge is -2.20. The quantitative estimate of drug-likeness (QED) is 0.933. The molecule has 0 spiro atoms. The summed E-state index contributed by atoms with van der Waals surface area (Å²) >= 11 is 0. The van der Waals surface area contributed by atoms with Gasteiger partial charge in [-0.15, -0.1) is 0 Å². The summed E-state index contributed by atoms with van der Waals surface area (Å²) in [6.07, 6.45) is 0.698. The molecule has 0 bridgehead atoms. The summed E-state index contributed by atoms with van der Waals surface area (Å²) in [7, 11) is 1.74. The summed E-state index contributed by atoms with van der Waals surface area (Å²) < 4.78 is 27.0. The van der Waals surface area contributed by atoms with E-state index in [4.69, 9.17) is 0 Å². The standard InChI is InChI=1S/C15H17F2N3/c1-4-14-12(7-9(2)19-20-14)15(18-3)11-6-5-10(16)8-13(11)17/h5-8,15,18H,4H2,1-3H3. The maximum absolute atomic E-state index is 14.0. The van der Waals surface area contributed by atoms with E-state index in [1.165, 1.54) is 12.1 Å². The molecular weight excluding hydrogens is 260 g/mol. The molecule has 0 amide bonds. The first kappa shape index (κ1) is 14.5. The van der Waals surface area contributed by atoms with Crippen LogP contribution in [-0.2, 0) is 6.42 Å². The number of benzene rings is 1. The zero-order chi connectivity index (χ0) is 14.7. The molecule has 20 heavy (non-hydrogen) atoms. The molecule has 0 saturated carbocycles. The second-order valence-electron chi connectivity index (χ2n) is 4.63. The summed E-state index contributed by atoms with van der Waals surface area (Å²) in [4.78, 5) is 0. The fourth-order valence-corrected chi connectivity index (χ4v) is 2.27. The molecule has 1 N–H and O–H groups in total. The normalized spacial score (nSPS) is 12.4. The lowest BCUT2D eigenvalue weighted by molar-refractivity contribution is 0.549. The molecule has 0 aliphatic rings. The highest BCUT2D eigenvalue weighted by molar-refractivity contribution is 5.35. The molecule has 0 radical (unpaired) electrons. The van der Waals surface area contributed by atoms with Gasteiger partial charge in [-0.1, -0.05) is 13.0 Å². The minimum atomic E-state index is -0.583. The van der Waals surface area contributed by atoms with Gasteiger partial charge in [0.15, 0.2) is 0 Å². The second kappa shape index (κ2) is 6.05. The fourth-order valence-electron chi connectivity index (χ4n) is 2.27. The smallest absolute Gasteiger partial charge is 0.131 e. The van der Waals surface area contributed by atoms with E-state index in [2.05, 4.69) is 15.5 Å². The molecule has 3 nitrogen and oxygen atoms in total. The van der Waals surface area contributed by atoms with E-state index in [0.717, 1.165) is 23.0 Å². The van der Waals surface area contributed by atoms with Crippen LogP contribution >= 0.6 is 0 Å². The Kier molecular flexibility index (Phi) is 4.39. The highest BCUT2D eigenvalue weighted by Gasteiger charge is 2.20. The van der Waals surface area contributed by atoms with Gasteiger partial charge in [0.05, 0.1) is 17.4 Å². The van der Waals surface area contributed by atoms with Gasteiger partial charge in [0.2, 0.25) is 0 Å². The zero-order valence-corrected chi connectivity index (χ0v) is 11.7. The molecule has 0 saturated heterocycles. The van der Waals surface area contributed by atoms with Crippen LogP contribution in [0, 0.1) is 18.6 Å². The number of aromatic nitrogens is 2. The van der Waals surface area contributed by atoms with Crippen molar-refractivity contribution in [2.75, 3.05) is 7.05 Å². The summed E-state index contributed by atoms with van der Waals surface area (Å²) in [5.74, 6) is -1.15. The van der Waals surface area contributed by atoms with Gasteiger partial charge in [-0.2, -0.15) is 10.2 Å². The third kappa shape index (κ3) is 2.82. The van der Waals surface area contributed by atoms with Crippen molar-refractivity contribution in [1.29, 1.82) is 0 Å². The van der Waals surface area contributed by atoms with Gasteiger partial charge in [0.25, 0.3) is 0 Å². The van der Waals surface area contributed by atoms with Crippen molar-refractivity contribution in [2.45, 2.75) is 26.3 Å². The molecule has 2 rings (SSSR count). The van der Waals surface area contributed by atoms with Gasteiger partial charge < -0.3 is 5.32 Å². The summed E-state index contributed by atoms with van der Waals surface area (Å²) in [6.45, 7) is 3.81. The largest absolute Gasteiger partial charge is 0.309 e. The first-order valence-electron chi connectivity index (χ1n) is 6.52. The predicted molar refractivity (Wildman–Crippen MR) is 73.4 cm³/mol. The highest BCUT2D eigenvalue weighted by atomic mass is 19.1. The average molecular weight is 277 g/mol. The van der Waals surface area contributed by atoms with E-state index in [1.807, 2.05) is 19.9 Å². The maximum atomic E-state index is 14.0. The van der Waals surface area contributed by atoms with Gasteiger partial charge in [-0.3, -0.25) is 0 Å². The third-order valence-corrected chi connectivity index (χ3v) is 3.23. The average Bonchev–Trinajstić information content (AvgIpc) is 2.42. The molecule has 1 aromatic carbocycles. The number of rotatable bonds is 4. The van der Waals surface area contributed by atoms with Crippen LogP contribution in [0.5, 0.6) is 0 Å². The molecule has 1 heterocycles. The van der Waals surface area contributed by atoms with Gasteiger partial charge in [0.1, 0.15) is 11.6 Å². The number of aryl methyl sites for hydroxylation is 2. The lowest BCUT2D eigenvalue weighted by Crippen LogP contribution is -2.21. The van der Waals surface area contributed by atoms with Crippen LogP contribution in [0.3, 0.4) is 0 Å². The van der Waals surface area contributed by atoms with Crippen LogP contribution in [0.4, 0.5) is 8.78 Å². The second-order valence-corrected chi connectivity index (χ2v) is 4.63. The zero-order valence-electron chi connectivity index (χ0n) is 11.7. The van der Waals surface area contributed by atoms with Crippen LogP contribution < -0.4 is 5.32 Å². The molecule has 1 unspecified atom stereocenters. The third-order valence-electron chi connectivity index (χ3n) is 3.23. The Morgan fingerprint density at radius 3 is 2.50 bits per heavy atom. The van der Waals surface area contributed by atoms with E-state index >= 15 is 0 Å². The van der Waals surface area contributed by atoms with Crippen LogP contribution in [-0.4, -0.2) is 17.2 Å². The molecule has 1 atom stereocenters. The summed E-state index contributed by atoms with van der Waals surface area (Å²) in [5.41, 5.74) is 2.84. The van der Waals surface area contributed by atoms with E-state index in [-0.39, 0.29) is 6.04 Å². The van der Waals surface area contributed by atoms with Crippen molar-refractivity contribution < 1.29 is 8.78 Å². The number of hydrogen-bond acceptors (Lipinski definition) is 3. The molecule has 0 aliphatic heterocycles. The van der Waals surface area contributed by atoms with Crippen molar-refractivity contribution in [3.63, 3.8) is 0 Å². The fraction of sp³-hybridized carbons (Fsp3) is 0.333. The van der Waals surface area contributed by atoms with Crippen molar-refractivity contribution in [3.05, 3.63) is 58.4 Å². The van der Waals surface area contributed by atoms with Crippen LogP contribution in [0.15, 0.2) is 24.3 Å². The number of hydrogen-bond donors (Lipinski definition) is 1. The van der Waals surface area contributed by atoms with E-state index in [0.29, 0.717) is 12.0 Å². The predicted octanol–water partition coefficient (Wildman–Crippen LogP) is 2.93. The Morgan fingerprint density at radius 2 is 1.90 bits per heavy atom. The molecule has 5 heteroatoms. The Bertz CT molecular complexity index is 614. The van der Waals surface area contributed by atoms with Gasteiger partial charge in [-0.05, 0) is 38.1 Å². The minimum Gasteiger partial charge on any atom is -0.309 e. The van der Waals surface area contributed by atoms with Crippen LogP contribution in [0.25, 0.3) is 0 Å². The molecular formula is C15H17F2N3. The van der Waals surface area contributed by atoms with E-state index in [1.54, 1.807) is 7.05 Å². The van der Waals surface area contributed by atoms with Gasteiger partial charge >= 0.3 is 0 Å². The molecule has 106 valence electrons. The van der Waals surface area contributed by atoms with Crippen molar-refractivity contribution in [1.82, 2.24) is 15.5 Å². The Hall–Kier alpha value is -1.88. The van der Waals surface area contributed by atoms with Crippen LogP contribution in [0.1, 0.15) is 35.5 Å². The van der Waals surface area contributed by atoms with Crippen molar-refractivity contribution >= 4 is 0 Å². The first-order chi connectivity index (χ1) is 9.56.